The van der Waals surface area contributed by atoms with Gasteiger partial charge in [-0.15, -0.1) is 0 Å². The molecule has 4 aliphatic carbocycles. The first-order valence-electron chi connectivity index (χ1n) is 13.6. The van der Waals surface area contributed by atoms with Crippen molar-refractivity contribution < 1.29 is 9.21 Å². The molecule has 1 N–H and O–H groups in total. The summed E-state index contributed by atoms with van der Waals surface area (Å²) in [6.07, 6.45) is 10.3. The quantitative estimate of drug-likeness (QED) is 0.240. The van der Waals surface area contributed by atoms with Gasteiger partial charge >= 0.3 is 5.91 Å². The van der Waals surface area contributed by atoms with E-state index >= 15 is 0 Å². The molecular formula is C32H33N3O2. The molecule has 0 saturated heterocycles. The molecule has 8 rings (SSSR count). The Morgan fingerprint density at radius 2 is 1.65 bits per heavy atom. The molecule has 4 fully saturated rings. The Morgan fingerprint density at radius 3 is 2.32 bits per heavy atom. The normalized spacial score (nSPS) is 26.4. The predicted octanol–water partition coefficient (Wildman–Crippen LogP) is 7.07. The summed E-state index contributed by atoms with van der Waals surface area (Å²) in [5.74, 6) is 2.75. The Labute approximate surface area is 217 Å². The molecule has 4 aromatic rings. The standard InChI is InChI=1S/C32H33N3O2/c1-20-11-26(19-33-34-31(36)30-15-25-5-3-4-6-29(25)37-30)21(2)35(20)28-9-7-27(8-10-28)32-16-22-12-23(17-32)14-24(13-22)18-32/h3-11,15,19,22-24H,12-14,16-18H2,1-2H3,(H,34,36)/b33-19-. The fourth-order valence-electron chi connectivity index (χ4n) is 8.05. The lowest BCUT2D eigenvalue weighted by atomic mass is 9.48. The van der Waals surface area contributed by atoms with Gasteiger partial charge in [0.05, 0.1) is 6.21 Å². The second kappa shape index (κ2) is 8.47. The lowest BCUT2D eigenvalue weighted by molar-refractivity contribution is -0.00518. The minimum Gasteiger partial charge on any atom is -0.451 e. The summed E-state index contributed by atoms with van der Waals surface area (Å²) in [6, 6.07) is 20.8. The van der Waals surface area contributed by atoms with Crippen LogP contribution in [0.1, 0.15) is 71.6 Å². The van der Waals surface area contributed by atoms with Gasteiger partial charge in [0, 0.05) is 28.0 Å². The Hall–Kier alpha value is -3.60. The molecule has 0 radical (unpaired) electrons. The van der Waals surface area contributed by atoms with Crippen LogP contribution in [0.3, 0.4) is 0 Å². The summed E-state index contributed by atoms with van der Waals surface area (Å²) in [5.41, 5.74) is 9.66. The number of hydrazone groups is 1. The van der Waals surface area contributed by atoms with Crippen molar-refractivity contribution in [1.29, 1.82) is 0 Å². The smallest absolute Gasteiger partial charge is 0.307 e. The topological polar surface area (TPSA) is 59.5 Å². The van der Waals surface area contributed by atoms with Gasteiger partial charge in [0.1, 0.15) is 5.58 Å². The molecule has 2 aromatic heterocycles. The number of benzene rings is 2. The van der Waals surface area contributed by atoms with Crippen LogP contribution in [0.15, 0.2) is 70.2 Å². The van der Waals surface area contributed by atoms with E-state index in [0.717, 1.165) is 40.1 Å². The predicted molar refractivity (Wildman–Crippen MR) is 146 cm³/mol. The van der Waals surface area contributed by atoms with Crippen LogP contribution in [0.4, 0.5) is 0 Å². The molecule has 5 nitrogen and oxygen atoms in total. The minimum absolute atomic E-state index is 0.253. The number of aryl methyl sites for hydroxylation is 1. The highest BCUT2D eigenvalue weighted by Crippen LogP contribution is 2.60. The number of hydrogen-bond donors (Lipinski definition) is 1. The molecule has 0 aliphatic heterocycles. The van der Waals surface area contributed by atoms with Crippen molar-refractivity contribution in [1.82, 2.24) is 9.99 Å². The van der Waals surface area contributed by atoms with Crippen LogP contribution < -0.4 is 5.43 Å². The van der Waals surface area contributed by atoms with Gasteiger partial charge in [0.2, 0.25) is 0 Å². The molecule has 4 aliphatic rings. The van der Waals surface area contributed by atoms with Gasteiger partial charge in [-0.25, -0.2) is 5.43 Å². The lowest BCUT2D eigenvalue weighted by Gasteiger charge is -2.57. The average molecular weight is 492 g/mol. The van der Waals surface area contributed by atoms with Crippen LogP contribution in [0, 0.1) is 31.6 Å². The lowest BCUT2D eigenvalue weighted by Crippen LogP contribution is -2.48. The maximum atomic E-state index is 12.5. The third kappa shape index (κ3) is 3.83. The van der Waals surface area contributed by atoms with Gasteiger partial charge in [-0.3, -0.25) is 4.79 Å². The number of nitrogens with zero attached hydrogens (tertiary/aromatic N) is 2. The molecule has 5 heteroatoms. The van der Waals surface area contributed by atoms with E-state index in [1.807, 2.05) is 24.3 Å². The first kappa shape index (κ1) is 22.6. The molecule has 188 valence electrons. The van der Waals surface area contributed by atoms with Crippen LogP contribution >= 0.6 is 0 Å². The van der Waals surface area contributed by atoms with E-state index in [1.165, 1.54) is 44.2 Å². The number of hydrogen-bond acceptors (Lipinski definition) is 3. The largest absolute Gasteiger partial charge is 0.451 e. The van der Waals surface area contributed by atoms with E-state index in [2.05, 4.69) is 59.3 Å². The third-order valence-electron chi connectivity index (χ3n) is 9.27. The SMILES string of the molecule is Cc1cc(/C=N\NC(=O)c2cc3ccccc3o2)c(C)n1-c1ccc(C23CC4CC(CC(C4)C2)C3)cc1. The van der Waals surface area contributed by atoms with Crippen molar-refractivity contribution >= 4 is 23.1 Å². The second-order valence-electron chi connectivity index (χ2n) is 11.8. The monoisotopic (exact) mass is 491 g/mol. The van der Waals surface area contributed by atoms with Crippen molar-refractivity contribution in [3.63, 3.8) is 0 Å². The number of para-hydroxylation sites is 1. The van der Waals surface area contributed by atoms with Gasteiger partial charge in [0.15, 0.2) is 5.76 Å². The highest BCUT2D eigenvalue weighted by atomic mass is 16.3. The van der Waals surface area contributed by atoms with Crippen molar-refractivity contribution in [2.24, 2.45) is 22.9 Å². The van der Waals surface area contributed by atoms with Crippen LogP contribution in [-0.4, -0.2) is 16.7 Å². The number of carbonyl (C=O) groups excluding carboxylic acids is 1. The van der Waals surface area contributed by atoms with E-state index in [-0.39, 0.29) is 11.7 Å². The summed E-state index contributed by atoms with van der Waals surface area (Å²) in [4.78, 5) is 12.5. The van der Waals surface area contributed by atoms with Gasteiger partial charge in [-0.1, -0.05) is 30.3 Å². The number of rotatable bonds is 5. The molecule has 4 saturated carbocycles. The Kier molecular flexibility index (Phi) is 5.17. The highest BCUT2D eigenvalue weighted by molar-refractivity contribution is 5.96. The van der Waals surface area contributed by atoms with Gasteiger partial charge in [-0.05, 0) is 111 Å². The Balaban J connectivity index is 1.09. The van der Waals surface area contributed by atoms with E-state index < -0.39 is 0 Å². The average Bonchev–Trinajstić information content (AvgIpc) is 3.44. The zero-order valence-corrected chi connectivity index (χ0v) is 21.5. The van der Waals surface area contributed by atoms with E-state index in [0.29, 0.717) is 11.0 Å². The number of carbonyl (C=O) groups is 1. The van der Waals surface area contributed by atoms with Crippen LogP contribution in [0.25, 0.3) is 16.7 Å². The summed E-state index contributed by atoms with van der Waals surface area (Å²) in [7, 11) is 0. The number of fused-ring (bicyclic) bond motifs is 1. The van der Waals surface area contributed by atoms with Crippen molar-refractivity contribution in [3.8, 4) is 5.69 Å². The van der Waals surface area contributed by atoms with Gasteiger partial charge in [0.25, 0.3) is 0 Å². The fourth-order valence-corrected chi connectivity index (χ4v) is 8.05. The maximum Gasteiger partial charge on any atom is 0.307 e. The summed E-state index contributed by atoms with van der Waals surface area (Å²) < 4.78 is 7.90. The van der Waals surface area contributed by atoms with Crippen molar-refractivity contribution in [3.05, 3.63) is 88.9 Å². The zero-order chi connectivity index (χ0) is 25.1. The Morgan fingerprint density at radius 1 is 0.973 bits per heavy atom. The van der Waals surface area contributed by atoms with Gasteiger partial charge in [-0.2, -0.15) is 5.10 Å². The van der Waals surface area contributed by atoms with Gasteiger partial charge < -0.3 is 8.98 Å². The molecule has 2 aromatic carbocycles. The van der Waals surface area contributed by atoms with E-state index in [1.54, 1.807) is 17.8 Å². The van der Waals surface area contributed by atoms with Crippen LogP contribution in [0.2, 0.25) is 0 Å². The van der Waals surface area contributed by atoms with E-state index in [4.69, 9.17) is 4.42 Å². The molecule has 37 heavy (non-hydrogen) atoms. The maximum absolute atomic E-state index is 12.5. The summed E-state index contributed by atoms with van der Waals surface area (Å²) in [5, 5.41) is 5.12. The molecule has 2 heterocycles. The van der Waals surface area contributed by atoms with Crippen molar-refractivity contribution in [2.75, 3.05) is 0 Å². The molecule has 4 bridgehead atoms. The first-order chi connectivity index (χ1) is 18.0. The summed E-state index contributed by atoms with van der Waals surface area (Å²) in [6.45, 7) is 4.22. The molecule has 0 unspecified atom stereocenters. The fraction of sp³-hybridized carbons (Fsp3) is 0.375. The molecule has 0 spiro atoms. The number of amides is 1. The summed E-state index contributed by atoms with van der Waals surface area (Å²) >= 11 is 0. The third-order valence-corrected chi connectivity index (χ3v) is 9.27. The number of furan rings is 1. The number of nitrogens with one attached hydrogen (secondary N) is 1. The first-order valence-corrected chi connectivity index (χ1v) is 13.6. The molecule has 1 amide bonds. The molecular weight excluding hydrogens is 458 g/mol. The second-order valence-corrected chi connectivity index (χ2v) is 11.8. The van der Waals surface area contributed by atoms with E-state index in [9.17, 15) is 4.79 Å². The Bertz CT molecular complexity index is 1450. The van der Waals surface area contributed by atoms with Crippen molar-refractivity contribution in [2.45, 2.75) is 57.8 Å². The van der Waals surface area contributed by atoms with Crippen LogP contribution in [0.5, 0.6) is 0 Å². The number of aromatic nitrogens is 1. The highest BCUT2D eigenvalue weighted by Gasteiger charge is 2.51. The zero-order valence-electron chi connectivity index (χ0n) is 21.5. The minimum atomic E-state index is -0.360. The van der Waals surface area contributed by atoms with Crippen LogP contribution in [-0.2, 0) is 5.41 Å². The molecule has 0 atom stereocenters.